The molecule has 0 aliphatic rings. The molecule has 2 aromatic rings. The van der Waals surface area contributed by atoms with Gasteiger partial charge in [0.1, 0.15) is 0 Å². The van der Waals surface area contributed by atoms with Crippen LogP contribution >= 0.6 is 11.6 Å². The Kier molecular flexibility index (Phi) is 7.20. The van der Waals surface area contributed by atoms with E-state index in [0.717, 1.165) is 17.7 Å². The van der Waals surface area contributed by atoms with E-state index in [0.29, 0.717) is 17.1 Å². The smallest absolute Gasteiger partial charge is 0.234 e. The molecule has 1 amide bonds. The van der Waals surface area contributed by atoms with Gasteiger partial charge in [-0.15, -0.1) is 0 Å². The summed E-state index contributed by atoms with van der Waals surface area (Å²) in [4.78, 5) is 14.6. The summed E-state index contributed by atoms with van der Waals surface area (Å²) < 4.78 is 0. The van der Waals surface area contributed by atoms with Gasteiger partial charge in [0.25, 0.3) is 0 Å². The van der Waals surface area contributed by atoms with Gasteiger partial charge in [-0.25, -0.2) is 0 Å². The number of carbonyl (C=O) groups excluding carboxylic acids is 1. The molecule has 0 radical (unpaired) electrons. The van der Waals surface area contributed by atoms with Gasteiger partial charge in [0, 0.05) is 11.1 Å². The molecule has 0 unspecified atom stereocenters. The Balaban J connectivity index is 2.00. The van der Waals surface area contributed by atoms with E-state index in [4.69, 9.17) is 16.9 Å². The van der Waals surface area contributed by atoms with E-state index in [1.165, 1.54) is 0 Å². The molecule has 5 heteroatoms. The summed E-state index contributed by atoms with van der Waals surface area (Å²) in [6.07, 6.45) is 0. The van der Waals surface area contributed by atoms with E-state index in [2.05, 4.69) is 23.2 Å². The molecule has 1 N–H and O–H groups in total. The topological polar surface area (TPSA) is 56.1 Å². The highest BCUT2D eigenvalue weighted by Gasteiger charge is 2.19. The lowest BCUT2D eigenvalue weighted by molar-refractivity contribution is -0.123. The van der Waals surface area contributed by atoms with Crippen molar-refractivity contribution in [2.75, 3.05) is 13.1 Å². The predicted molar refractivity (Wildman–Crippen MR) is 105 cm³/mol. The van der Waals surface area contributed by atoms with Crippen LogP contribution in [0.25, 0.3) is 0 Å². The third kappa shape index (κ3) is 5.08. The molecule has 4 nitrogen and oxygen atoms in total. The molecule has 26 heavy (non-hydrogen) atoms. The second-order valence-corrected chi connectivity index (χ2v) is 6.69. The number of nitriles is 1. The number of halogens is 1. The lowest BCUT2D eigenvalue weighted by atomic mass is 10.0. The number of nitrogens with one attached hydrogen (secondary N) is 1. The molecule has 0 saturated carbocycles. The van der Waals surface area contributed by atoms with Crippen molar-refractivity contribution in [3.63, 3.8) is 0 Å². The maximum atomic E-state index is 12.5. The number of benzene rings is 2. The quantitative estimate of drug-likeness (QED) is 0.783. The minimum Gasteiger partial charge on any atom is -0.348 e. The minimum absolute atomic E-state index is 0.0419. The maximum Gasteiger partial charge on any atom is 0.234 e. The van der Waals surface area contributed by atoms with E-state index < -0.39 is 0 Å². The summed E-state index contributed by atoms with van der Waals surface area (Å²) in [5.74, 6) is -0.0419. The van der Waals surface area contributed by atoms with E-state index in [-0.39, 0.29) is 18.0 Å². The standard InChI is InChI=1S/C21H24ClN3O/c1-4-25(16(3)18-11-9-17(13-23)10-12-18)14-21(26)24-15(2)19-7-5-6-8-20(19)22/h5-12,15-16H,4,14H2,1-3H3,(H,24,26)/t15-,16+/m1/s1. The van der Waals surface area contributed by atoms with Gasteiger partial charge in [-0.05, 0) is 49.7 Å². The van der Waals surface area contributed by atoms with E-state index in [9.17, 15) is 4.79 Å². The third-order valence-electron chi connectivity index (χ3n) is 4.57. The molecule has 0 saturated heterocycles. The zero-order valence-electron chi connectivity index (χ0n) is 15.4. The Labute approximate surface area is 160 Å². The Hall–Kier alpha value is -2.35. The van der Waals surface area contributed by atoms with Crippen LogP contribution in [0, 0.1) is 11.3 Å². The number of amides is 1. The lowest BCUT2D eigenvalue weighted by Gasteiger charge is -2.28. The first-order chi connectivity index (χ1) is 12.5. The van der Waals surface area contributed by atoms with Gasteiger partial charge in [0.15, 0.2) is 0 Å². The van der Waals surface area contributed by atoms with Crippen LogP contribution in [0.5, 0.6) is 0 Å². The average Bonchev–Trinajstić information content (AvgIpc) is 2.65. The van der Waals surface area contributed by atoms with Gasteiger partial charge in [0.2, 0.25) is 5.91 Å². The molecule has 0 aliphatic carbocycles. The summed E-state index contributed by atoms with van der Waals surface area (Å²) in [6, 6.07) is 17.1. The Morgan fingerprint density at radius 1 is 1.19 bits per heavy atom. The minimum atomic E-state index is -0.153. The zero-order chi connectivity index (χ0) is 19.1. The van der Waals surface area contributed by atoms with Gasteiger partial charge < -0.3 is 5.32 Å². The van der Waals surface area contributed by atoms with Gasteiger partial charge in [-0.1, -0.05) is 48.9 Å². The van der Waals surface area contributed by atoms with Crippen molar-refractivity contribution in [2.45, 2.75) is 32.9 Å². The van der Waals surface area contributed by atoms with Crippen LogP contribution in [0.4, 0.5) is 0 Å². The van der Waals surface area contributed by atoms with E-state index in [1.54, 1.807) is 12.1 Å². The fourth-order valence-electron chi connectivity index (χ4n) is 2.95. The molecular formula is C21H24ClN3O. The first-order valence-electron chi connectivity index (χ1n) is 8.74. The Morgan fingerprint density at radius 3 is 2.42 bits per heavy atom. The number of hydrogen-bond acceptors (Lipinski definition) is 3. The number of nitrogens with zero attached hydrogens (tertiary/aromatic N) is 2. The summed E-state index contributed by atoms with van der Waals surface area (Å²) in [7, 11) is 0. The van der Waals surface area contributed by atoms with Crippen LogP contribution in [0.2, 0.25) is 5.02 Å². The normalized spacial score (nSPS) is 13.1. The van der Waals surface area contributed by atoms with Crippen LogP contribution in [-0.2, 0) is 4.79 Å². The molecule has 0 fully saturated rings. The highest BCUT2D eigenvalue weighted by Crippen LogP contribution is 2.23. The van der Waals surface area contributed by atoms with Crippen molar-refractivity contribution in [1.82, 2.24) is 10.2 Å². The van der Waals surface area contributed by atoms with Gasteiger partial charge in [0.05, 0.1) is 24.2 Å². The second-order valence-electron chi connectivity index (χ2n) is 6.28. The summed E-state index contributed by atoms with van der Waals surface area (Å²) in [5, 5.41) is 12.6. The molecule has 0 aromatic heterocycles. The third-order valence-corrected chi connectivity index (χ3v) is 4.92. The number of hydrogen-bond donors (Lipinski definition) is 1. The summed E-state index contributed by atoms with van der Waals surface area (Å²) in [5.41, 5.74) is 2.62. The molecule has 0 spiro atoms. The SMILES string of the molecule is CCN(CC(=O)N[C@H](C)c1ccccc1Cl)[C@@H](C)c1ccc(C#N)cc1. The van der Waals surface area contributed by atoms with Crippen molar-refractivity contribution >= 4 is 17.5 Å². The molecule has 0 heterocycles. The van der Waals surface area contributed by atoms with Crippen molar-refractivity contribution in [1.29, 1.82) is 5.26 Å². The molecule has 2 rings (SSSR count). The molecule has 2 aromatic carbocycles. The molecule has 2 atom stereocenters. The fraction of sp³-hybridized carbons (Fsp3) is 0.333. The van der Waals surface area contributed by atoms with Crippen LogP contribution in [0.1, 0.15) is 49.5 Å². The van der Waals surface area contributed by atoms with E-state index >= 15 is 0 Å². The summed E-state index contributed by atoms with van der Waals surface area (Å²) >= 11 is 6.21. The van der Waals surface area contributed by atoms with Crippen molar-refractivity contribution < 1.29 is 4.79 Å². The number of carbonyl (C=O) groups is 1. The maximum absolute atomic E-state index is 12.5. The zero-order valence-corrected chi connectivity index (χ0v) is 16.1. The van der Waals surface area contributed by atoms with Gasteiger partial charge in [-0.2, -0.15) is 5.26 Å². The Morgan fingerprint density at radius 2 is 1.85 bits per heavy atom. The second kappa shape index (κ2) is 9.38. The lowest BCUT2D eigenvalue weighted by Crippen LogP contribution is -2.39. The molecular weight excluding hydrogens is 346 g/mol. The molecule has 136 valence electrons. The van der Waals surface area contributed by atoms with Crippen LogP contribution in [-0.4, -0.2) is 23.9 Å². The predicted octanol–water partition coefficient (Wildman–Crippen LogP) is 4.47. The van der Waals surface area contributed by atoms with Crippen LogP contribution < -0.4 is 5.32 Å². The van der Waals surface area contributed by atoms with Gasteiger partial charge in [-0.3, -0.25) is 9.69 Å². The first kappa shape index (κ1) is 20.0. The van der Waals surface area contributed by atoms with Crippen molar-refractivity contribution in [3.05, 3.63) is 70.2 Å². The van der Waals surface area contributed by atoms with Gasteiger partial charge >= 0.3 is 0 Å². The fourth-order valence-corrected chi connectivity index (χ4v) is 3.24. The van der Waals surface area contributed by atoms with Crippen molar-refractivity contribution in [2.24, 2.45) is 0 Å². The van der Waals surface area contributed by atoms with Crippen molar-refractivity contribution in [3.8, 4) is 6.07 Å². The highest BCUT2D eigenvalue weighted by atomic mass is 35.5. The monoisotopic (exact) mass is 369 g/mol. The summed E-state index contributed by atoms with van der Waals surface area (Å²) in [6.45, 7) is 7.07. The van der Waals surface area contributed by atoms with Crippen LogP contribution in [0.15, 0.2) is 48.5 Å². The van der Waals surface area contributed by atoms with E-state index in [1.807, 2.05) is 50.2 Å². The number of likely N-dealkylation sites (N-methyl/N-ethyl adjacent to an activating group) is 1. The Bertz CT molecular complexity index is 783. The molecule has 0 aliphatic heterocycles. The highest BCUT2D eigenvalue weighted by molar-refractivity contribution is 6.31. The average molecular weight is 370 g/mol. The largest absolute Gasteiger partial charge is 0.348 e. The first-order valence-corrected chi connectivity index (χ1v) is 9.12. The molecule has 0 bridgehead atoms. The number of rotatable bonds is 7. The van der Waals surface area contributed by atoms with Crippen LogP contribution in [0.3, 0.4) is 0 Å².